The van der Waals surface area contributed by atoms with Crippen LogP contribution in [0.1, 0.15) is 19.4 Å². The lowest BCUT2D eigenvalue weighted by Crippen LogP contribution is -2.11. The van der Waals surface area contributed by atoms with Crippen LogP contribution in [-0.2, 0) is 4.74 Å². The predicted octanol–water partition coefficient (Wildman–Crippen LogP) is 3.47. The summed E-state index contributed by atoms with van der Waals surface area (Å²) >= 11 is 0. The molecule has 1 N–H and O–H groups in total. The molecule has 5 nitrogen and oxygen atoms in total. The molecular weight excluding hydrogens is 285 g/mol. The average Bonchev–Trinajstić information content (AvgIpc) is 2.48. The normalized spacial score (nSPS) is 10.8. The molecule has 2 aromatic rings. The van der Waals surface area contributed by atoms with Crippen LogP contribution in [0, 0.1) is 12.7 Å². The summed E-state index contributed by atoms with van der Waals surface area (Å²) in [5.41, 5.74) is 1.18. The molecule has 1 aromatic heterocycles. The Labute approximate surface area is 129 Å². The third kappa shape index (κ3) is 4.66. The summed E-state index contributed by atoms with van der Waals surface area (Å²) in [6.45, 7) is 6.62. The number of nitrogens with one attached hydrogen (secondary N) is 1. The van der Waals surface area contributed by atoms with Crippen LogP contribution in [0.25, 0.3) is 0 Å². The van der Waals surface area contributed by atoms with E-state index in [2.05, 4.69) is 15.3 Å². The van der Waals surface area contributed by atoms with Crippen molar-refractivity contribution in [3.8, 4) is 5.75 Å². The average molecular weight is 305 g/mol. The predicted molar refractivity (Wildman–Crippen MR) is 83.0 cm³/mol. The second kappa shape index (κ2) is 7.70. The smallest absolute Gasteiger partial charge is 0.150 e. The van der Waals surface area contributed by atoms with Crippen molar-refractivity contribution in [1.82, 2.24) is 9.97 Å². The van der Waals surface area contributed by atoms with Gasteiger partial charge in [0.1, 0.15) is 30.3 Å². The lowest BCUT2D eigenvalue weighted by molar-refractivity contribution is 0.0552. The minimum Gasteiger partial charge on any atom is -0.491 e. The van der Waals surface area contributed by atoms with Crippen molar-refractivity contribution in [2.24, 2.45) is 0 Å². The molecule has 0 saturated heterocycles. The molecule has 118 valence electrons. The fourth-order valence-electron chi connectivity index (χ4n) is 1.79. The van der Waals surface area contributed by atoms with E-state index in [1.54, 1.807) is 18.3 Å². The Morgan fingerprint density at radius 1 is 1.27 bits per heavy atom. The van der Waals surface area contributed by atoms with Gasteiger partial charge in [0.25, 0.3) is 0 Å². The van der Waals surface area contributed by atoms with Crippen molar-refractivity contribution in [3.05, 3.63) is 42.1 Å². The topological polar surface area (TPSA) is 56.3 Å². The van der Waals surface area contributed by atoms with Gasteiger partial charge in [0.05, 0.1) is 18.4 Å². The van der Waals surface area contributed by atoms with Gasteiger partial charge in [0, 0.05) is 17.8 Å². The minimum absolute atomic E-state index is 0.156. The number of ether oxygens (including phenoxy) is 2. The maximum absolute atomic E-state index is 14.1. The Balaban J connectivity index is 1.96. The highest BCUT2D eigenvalue weighted by molar-refractivity contribution is 5.60. The SMILES string of the molecule is Cc1cncnc1Nc1ccc(OCCOC(C)C)cc1F. The number of halogens is 1. The quantitative estimate of drug-likeness (QED) is 0.794. The summed E-state index contributed by atoms with van der Waals surface area (Å²) in [5, 5.41) is 2.94. The Morgan fingerprint density at radius 2 is 2.09 bits per heavy atom. The van der Waals surface area contributed by atoms with E-state index in [0.717, 1.165) is 5.56 Å². The van der Waals surface area contributed by atoms with E-state index in [1.807, 2.05) is 20.8 Å². The van der Waals surface area contributed by atoms with Gasteiger partial charge in [-0.25, -0.2) is 14.4 Å². The number of hydrogen-bond donors (Lipinski definition) is 1. The lowest BCUT2D eigenvalue weighted by atomic mass is 10.2. The number of nitrogens with zero attached hydrogens (tertiary/aromatic N) is 2. The number of anilines is 2. The molecule has 0 unspecified atom stereocenters. The van der Waals surface area contributed by atoms with E-state index in [0.29, 0.717) is 30.5 Å². The molecule has 2 rings (SSSR count). The van der Waals surface area contributed by atoms with Crippen LogP contribution in [0.4, 0.5) is 15.9 Å². The number of aromatic nitrogens is 2. The lowest BCUT2D eigenvalue weighted by Gasteiger charge is -2.12. The summed E-state index contributed by atoms with van der Waals surface area (Å²) in [5.74, 6) is 0.642. The standard InChI is InChI=1S/C16H20FN3O2/c1-11(2)21-6-7-22-13-4-5-15(14(17)8-13)20-16-12(3)9-18-10-19-16/h4-5,8-11H,6-7H2,1-3H3,(H,18,19,20). The van der Waals surface area contributed by atoms with E-state index in [1.165, 1.54) is 12.4 Å². The van der Waals surface area contributed by atoms with Gasteiger partial charge in [0.2, 0.25) is 0 Å². The third-order valence-corrected chi connectivity index (χ3v) is 2.89. The summed E-state index contributed by atoms with van der Waals surface area (Å²) in [6, 6.07) is 4.67. The van der Waals surface area contributed by atoms with E-state index >= 15 is 0 Å². The molecule has 1 heterocycles. The molecule has 0 amide bonds. The van der Waals surface area contributed by atoms with Crippen molar-refractivity contribution in [3.63, 3.8) is 0 Å². The first-order valence-corrected chi connectivity index (χ1v) is 7.14. The van der Waals surface area contributed by atoms with E-state index < -0.39 is 5.82 Å². The summed E-state index contributed by atoms with van der Waals surface area (Å²) < 4.78 is 24.9. The summed E-state index contributed by atoms with van der Waals surface area (Å²) in [7, 11) is 0. The van der Waals surface area contributed by atoms with Crippen molar-refractivity contribution in [2.45, 2.75) is 26.9 Å². The largest absolute Gasteiger partial charge is 0.491 e. The van der Waals surface area contributed by atoms with Gasteiger partial charge < -0.3 is 14.8 Å². The highest BCUT2D eigenvalue weighted by atomic mass is 19.1. The van der Waals surface area contributed by atoms with Crippen LogP contribution < -0.4 is 10.1 Å². The molecule has 0 aliphatic carbocycles. The van der Waals surface area contributed by atoms with Crippen LogP contribution in [0.15, 0.2) is 30.7 Å². The first-order chi connectivity index (χ1) is 10.6. The number of aryl methyl sites for hydroxylation is 1. The Hall–Kier alpha value is -2.21. The highest BCUT2D eigenvalue weighted by Crippen LogP contribution is 2.24. The fraction of sp³-hybridized carbons (Fsp3) is 0.375. The highest BCUT2D eigenvalue weighted by Gasteiger charge is 2.07. The Morgan fingerprint density at radius 3 is 2.77 bits per heavy atom. The van der Waals surface area contributed by atoms with Gasteiger partial charge >= 0.3 is 0 Å². The molecule has 0 saturated carbocycles. The van der Waals surface area contributed by atoms with Crippen molar-refractivity contribution in [2.75, 3.05) is 18.5 Å². The van der Waals surface area contributed by atoms with Crippen LogP contribution >= 0.6 is 0 Å². The molecule has 0 bridgehead atoms. The van der Waals surface area contributed by atoms with Gasteiger partial charge in [-0.2, -0.15) is 0 Å². The van der Waals surface area contributed by atoms with Crippen LogP contribution in [0.3, 0.4) is 0 Å². The van der Waals surface area contributed by atoms with Gasteiger partial charge in [-0.3, -0.25) is 0 Å². The molecule has 0 aliphatic heterocycles. The second-order valence-electron chi connectivity index (χ2n) is 5.09. The van der Waals surface area contributed by atoms with Crippen molar-refractivity contribution >= 4 is 11.5 Å². The molecule has 1 aromatic carbocycles. The van der Waals surface area contributed by atoms with Gasteiger partial charge in [-0.15, -0.1) is 0 Å². The second-order valence-corrected chi connectivity index (χ2v) is 5.09. The maximum atomic E-state index is 14.1. The zero-order valence-electron chi connectivity index (χ0n) is 13.0. The monoisotopic (exact) mass is 305 g/mol. The van der Waals surface area contributed by atoms with E-state index in [-0.39, 0.29) is 6.10 Å². The molecule has 0 radical (unpaired) electrons. The first-order valence-electron chi connectivity index (χ1n) is 7.14. The van der Waals surface area contributed by atoms with Crippen LogP contribution in [-0.4, -0.2) is 29.3 Å². The fourth-order valence-corrected chi connectivity index (χ4v) is 1.79. The summed E-state index contributed by atoms with van der Waals surface area (Å²) in [4.78, 5) is 7.98. The zero-order chi connectivity index (χ0) is 15.9. The molecule has 22 heavy (non-hydrogen) atoms. The van der Waals surface area contributed by atoms with E-state index in [4.69, 9.17) is 9.47 Å². The zero-order valence-corrected chi connectivity index (χ0v) is 13.0. The van der Waals surface area contributed by atoms with Crippen LogP contribution in [0.2, 0.25) is 0 Å². The number of hydrogen-bond acceptors (Lipinski definition) is 5. The Kier molecular flexibility index (Phi) is 5.66. The molecule has 0 fully saturated rings. The van der Waals surface area contributed by atoms with Gasteiger partial charge in [-0.05, 0) is 32.9 Å². The number of rotatable bonds is 7. The third-order valence-electron chi connectivity index (χ3n) is 2.89. The van der Waals surface area contributed by atoms with Gasteiger partial charge in [-0.1, -0.05) is 0 Å². The van der Waals surface area contributed by atoms with Gasteiger partial charge in [0.15, 0.2) is 0 Å². The molecular formula is C16H20FN3O2. The molecule has 0 atom stereocenters. The maximum Gasteiger partial charge on any atom is 0.150 e. The van der Waals surface area contributed by atoms with Crippen molar-refractivity contribution in [1.29, 1.82) is 0 Å². The Bertz CT molecular complexity index is 620. The molecule has 6 heteroatoms. The minimum atomic E-state index is -0.403. The molecule has 0 aliphatic rings. The molecule has 0 spiro atoms. The summed E-state index contributed by atoms with van der Waals surface area (Å²) in [6.07, 6.45) is 3.24. The van der Waals surface area contributed by atoms with Crippen LogP contribution in [0.5, 0.6) is 5.75 Å². The van der Waals surface area contributed by atoms with Crippen molar-refractivity contribution < 1.29 is 13.9 Å². The number of benzene rings is 1. The first kappa shape index (κ1) is 16.2. The van der Waals surface area contributed by atoms with E-state index in [9.17, 15) is 4.39 Å².